The molecule has 0 aromatic heterocycles. The van der Waals surface area contributed by atoms with E-state index in [1.807, 2.05) is 36.4 Å². The van der Waals surface area contributed by atoms with E-state index in [1.54, 1.807) is 25.1 Å². The second-order valence-electron chi connectivity index (χ2n) is 5.38. The average Bonchev–Trinajstić information content (AvgIpc) is 2.61. The molecule has 0 atom stereocenters. The Labute approximate surface area is 152 Å². The predicted octanol–water partition coefficient (Wildman–Crippen LogP) is 4.49. The van der Waals surface area contributed by atoms with Crippen LogP contribution >= 0.6 is 11.6 Å². The highest BCUT2D eigenvalue weighted by molar-refractivity contribution is 6.30. The maximum absolute atomic E-state index is 12.0. The lowest BCUT2D eigenvalue weighted by Gasteiger charge is -2.06. The Morgan fingerprint density at radius 3 is 2.40 bits per heavy atom. The Balaban J connectivity index is 1.82. The van der Waals surface area contributed by atoms with E-state index in [0.29, 0.717) is 24.5 Å². The molecule has 0 saturated carbocycles. The lowest BCUT2D eigenvalue weighted by molar-refractivity contribution is -0.137. The first-order valence-corrected chi connectivity index (χ1v) is 8.44. The van der Waals surface area contributed by atoms with Crippen LogP contribution in [0.5, 0.6) is 0 Å². The molecule has 0 aliphatic heterocycles. The van der Waals surface area contributed by atoms with Crippen LogP contribution in [0.4, 0.5) is 5.69 Å². The molecule has 130 valence electrons. The van der Waals surface area contributed by atoms with Crippen molar-refractivity contribution < 1.29 is 14.3 Å². The van der Waals surface area contributed by atoms with Gasteiger partial charge in [-0.25, -0.2) is 4.79 Å². The fourth-order valence-electron chi connectivity index (χ4n) is 2.16. The molecule has 0 heterocycles. The van der Waals surface area contributed by atoms with E-state index in [-0.39, 0.29) is 11.9 Å². The van der Waals surface area contributed by atoms with Crippen LogP contribution in [0, 0.1) is 0 Å². The first-order valence-electron chi connectivity index (χ1n) is 8.06. The summed E-state index contributed by atoms with van der Waals surface area (Å²) in [7, 11) is 0. The number of hydrogen-bond acceptors (Lipinski definition) is 3. The van der Waals surface area contributed by atoms with Crippen molar-refractivity contribution in [1.82, 2.24) is 0 Å². The third-order valence-electron chi connectivity index (χ3n) is 3.45. The Hall–Kier alpha value is -2.59. The molecule has 2 aromatic rings. The minimum Gasteiger partial charge on any atom is -0.463 e. The molecule has 0 radical (unpaired) electrons. The van der Waals surface area contributed by atoms with Gasteiger partial charge in [0.2, 0.25) is 5.91 Å². The second-order valence-corrected chi connectivity index (χ2v) is 5.82. The van der Waals surface area contributed by atoms with Gasteiger partial charge in [0.25, 0.3) is 0 Å². The molecule has 4 nitrogen and oxygen atoms in total. The minimum absolute atomic E-state index is 0.0511. The SMILES string of the molecule is CCOC(=O)/C=C/c1ccc(NC(=O)CCc2ccc(Cl)cc2)cc1. The third kappa shape index (κ3) is 6.81. The zero-order valence-electron chi connectivity index (χ0n) is 14.0. The molecule has 5 heteroatoms. The summed E-state index contributed by atoms with van der Waals surface area (Å²) in [6, 6.07) is 14.7. The number of ether oxygens (including phenoxy) is 1. The molecular formula is C20H20ClNO3. The fourth-order valence-corrected chi connectivity index (χ4v) is 2.29. The summed E-state index contributed by atoms with van der Waals surface area (Å²) in [5.74, 6) is -0.424. The molecular weight excluding hydrogens is 338 g/mol. The van der Waals surface area contributed by atoms with Crippen molar-refractivity contribution in [3.05, 3.63) is 70.8 Å². The van der Waals surface area contributed by atoms with Gasteiger partial charge in [-0.05, 0) is 54.8 Å². The molecule has 0 spiro atoms. The molecule has 25 heavy (non-hydrogen) atoms. The molecule has 0 aliphatic carbocycles. The minimum atomic E-state index is -0.373. The zero-order valence-corrected chi connectivity index (χ0v) is 14.8. The van der Waals surface area contributed by atoms with E-state index < -0.39 is 0 Å². The number of aryl methyl sites for hydroxylation is 1. The molecule has 0 bridgehead atoms. The molecule has 1 N–H and O–H groups in total. The second kappa shape index (κ2) is 9.64. The van der Waals surface area contributed by atoms with Gasteiger partial charge in [-0.2, -0.15) is 0 Å². The number of anilines is 1. The summed E-state index contributed by atoms with van der Waals surface area (Å²) in [5, 5.41) is 3.54. The molecule has 0 aliphatic rings. The van der Waals surface area contributed by atoms with Crippen molar-refractivity contribution in [2.24, 2.45) is 0 Å². The number of carbonyl (C=O) groups excluding carboxylic acids is 2. The van der Waals surface area contributed by atoms with Crippen LogP contribution in [-0.4, -0.2) is 18.5 Å². The Bertz CT molecular complexity index is 737. The van der Waals surface area contributed by atoms with Gasteiger partial charge >= 0.3 is 5.97 Å². The van der Waals surface area contributed by atoms with Crippen LogP contribution in [0.15, 0.2) is 54.6 Å². The first kappa shape index (κ1) is 18.7. The van der Waals surface area contributed by atoms with Crippen molar-refractivity contribution >= 4 is 35.2 Å². The highest BCUT2D eigenvalue weighted by Gasteiger charge is 2.03. The normalized spacial score (nSPS) is 10.6. The summed E-state index contributed by atoms with van der Waals surface area (Å²) in [5.41, 5.74) is 2.64. The monoisotopic (exact) mass is 357 g/mol. The first-order chi connectivity index (χ1) is 12.1. The van der Waals surface area contributed by atoms with Crippen LogP contribution in [0.1, 0.15) is 24.5 Å². The van der Waals surface area contributed by atoms with Gasteiger partial charge in [0, 0.05) is 23.2 Å². The predicted molar refractivity (Wildman–Crippen MR) is 101 cm³/mol. The molecule has 0 fully saturated rings. The van der Waals surface area contributed by atoms with E-state index in [9.17, 15) is 9.59 Å². The standard InChI is InChI=1S/C20H20ClNO3/c1-2-25-20(24)14-8-16-5-11-18(12-6-16)22-19(23)13-7-15-3-9-17(21)10-4-15/h3-6,8-12,14H,2,7,13H2,1H3,(H,22,23)/b14-8+. The van der Waals surface area contributed by atoms with Crippen molar-refractivity contribution in [2.45, 2.75) is 19.8 Å². The lowest BCUT2D eigenvalue weighted by atomic mass is 10.1. The number of esters is 1. The number of benzene rings is 2. The van der Waals surface area contributed by atoms with Gasteiger partial charge in [0.05, 0.1) is 6.61 Å². The smallest absolute Gasteiger partial charge is 0.330 e. The number of nitrogens with one attached hydrogen (secondary N) is 1. The summed E-state index contributed by atoms with van der Waals surface area (Å²) >= 11 is 5.84. The fraction of sp³-hybridized carbons (Fsp3) is 0.200. The average molecular weight is 358 g/mol. The molecule has 1 amide bonds. The van der Waals surface area contributed by atoms with E-state index in [1.165, 1.54) is 6.08 Å². The molecule has 2 rings (SSSR count). The van der Waals surface area contributed by atoms with Crippen molar-refractivity contribution in [3.8, 4) is 0 Å². The van der Waals surface area contributed by atoms with Crippen molar-refractivity contribution in [2.75, 3.05) is 11.9 Å². The largest absolute Gasteiger partial charge is 0.463 e. The van der Waals surface area contributed by atoms with Gasteiger partial charge in [-0.3, -0.25) is 4.79 Å². The van der Waals surface area contributed by atoms with E-state index in [0.717, 1.165) is 16.8 Å². The highest BCUT2D eigenvalue weighted by atomic mass is 35.5. The number of halogens is 1. The molecule has 0 saturated heterocycles. The summed E-state index contributed by atoms with van der Waals surface area (Å²) in [4.78, 5) is 23.3. The van der Waals surface area contributed by atoms with Crippen LogP contribution in [0.25, 0.3) is 6.08 Å². The van der Waals surface area contributed by atoms with Gasteiger partial charge in [0.15, 0.2) is 0 Å². The van der Waals surface area contributed by atoms with Crippen LogP contribution in [0.3, 0.4) is 0 Å². The van der Waals surface area contributed by atoms with Crippen molar-refractivity contribution in [3.63, 3.8) is 0 Å². The highest BCUT2D eigenvalue weighted by Crippen LogP contribution is 2.13. The van der Waals surface area contributed by atoms with Crippen LogP contribution < -0.4 is 5.32 Å². The van der Waals surface area contributed by atoms with Gasteiger partial charge in [0.1, 0.15) is 0 Å². The summed E-state index contributed by atoms with van der Waals surface area (Å²) in [6.45, 7) is 2.11. The third-order valence-corrected chi connectivity index (χ3v) is 3.70. The number of carbonyl (C=O) groups is 2. The molecule has 0 unspecified atom stereocenters. The zero-order chi connectivity index (χ0) is 18.1. The summed E-state index contributed by atoms with van der Waals surface area (Å²) < 4.78 is 4.82. The number of amides is 1. The van der Waals surface area contributed by atoms with Crippen LogP contribution in [0.2, 0.25) is 5.02 Å². The van der Waals surface area contributed by atoms with E-state index in [4.69, 9.17) is 16.3 Å². The van der Waals surface area contributed by atoms with Crippen molar-refractivity contribution in [1.29, 1.82) is 0 Å². The lowest BCUT2D eigenvalue weighted by Crippen LogP contribution is -2.12. The number of rotatable bonds is 7. The maximum atomic E-state index is 12.0. The van der Waals surface area contributed by atoms with E-state index >= 15 is 0 Å². The molecule has 2 aromatic carbocycles. The topological polar surface area (TPSA) is 55.4 Å². The summed E-state index contributed by atoms with van der Waals surface area (Å²) in [6.07, 6.45) is 4.10. The van der Waals surface area contributed by atoms with Gasteiger partial charge in [-0.15, -0.1) is 0 Å². The van der Waals surface area contributed by atoms with Crippen LogP contribution in [-0.2, 0) is 20.7 Å². The Kier molecular flexibility index (Phi) is 7.23. The van der Waals surface area contributed by atoms with Gasteiger partial charge < -0.3 is 10.1 Å². The van der Waals surface area contributed by atoms with E-state index in [2.05, 4.69) is 5.32 Å². The number of hydrogen-bond donors (Lipinski definition) is 1. The Morgan fingerprint density at radius 2 is 1.76 bits per heavy atom. The quantitative estimate of drug-likeness (QED) is 0.586. The maximum Gasteiger partial charge on any atom is 0.330 e. The Morgan fingerprint density at radius 1 is 1.08 bits per heavy atom. The van der Waals surface area contributed by atoms with Gasteiger partial charge in [-0.1, -0.05) is 35.9 Å².